The summed E-state index contributed by atoms with van der Waals surface area (Å²) >= 11 is 0. The topological polar surface area (TPSA) is 67.4 Å². The largest absolute Gasteiger partial charge is 0.467 e. The highest BCUT2D eigenvalue weighted by Crippen LogP contribution is 2.27. The van der Waals surface area contributed by atoms with Gasteiger partial charge in [0.25, 0.3) is 0 Å². The van der Waals surface area contributed by atoms with Crippen molar-refractivity contribution < 1.29 is 14.3 Å². The summed E-state index contributed by atoms with van der Waals surface area (Å²) in [5, 5.41) is 6.21. The van der Waals surface area contributed by atoms with Crippen LogP contribution in [0.3, 0.4) is 0 Å². The van der Waals surface area contributed by atoms with Crippen molar-refractivity contribution in [1.29, 1.82) is 0 Å². The summed E-state index contributed by atoms with van der Waals surface area (Å²) in [4.78, 5) is 24.3. The number of ether oxygens (including phenoxy) is 1. The number of amides is 1. The van der Waals surface area contributed by atoms with Crippen LogP contribution in [0.5, 0.6) is 0 Å². The Hall–Kier alpha value is -1.10. The van der Waals surface area contributed by atoms with Gasteiger partial charge in [-0.25, -0.2) is 4.79 Å². The number of carbonyl (C=O) groups is 2. The molecule has 114 valence electrons. The van der Waals surface area contributed by atoms with E-state index in [0.717, 1.165) is 51.6 Å². The third-order valence-electron chi connectivity index (χ3n) is 4.58. The Kier molecular flexibility index (Phi) is 5.83. The SMILES string of the molecule is COC(=O)[C@@H](NC(=O)C1CCNCC1)C1CCCCC1. The first-order chi connectivity index (χ1) is 9.72. The van der Waals surface area contributed by atoms with Crippen LogP contribution >= 0.6 is 0 Å². The molecular formula is C15H26N2O3. The fraction of sp³-hybridized carbons (Fsp3) is 0.867. The number of esters is 1. The Morgan fingerprint density at radius 1 is 1.10 bits per heavy atom. The fourth-order valence-electron chi connectivity index (χ4n) is 3.32. The number of nitrogens with one attached hydrogen (secondary N) is 2. The lowest BCUT2D eigenvalue weighted by atomic mass is 9.83. The van der Waals surface area contributed by atoms with Crippen LogP contribution in [0.25, 0.3) is 0 Å². The van der Waals surface area contributed by atoms with E-state index in [1.54, 1.807) is 0 Å². The normalized spacial score (nSPS) is 23.1. The van der Waals surface area contributed by atoms with E-state index in [1.165, 1.54) is 13.5 Å². The minimum absolute atomic E-state index is 0.0208. The molecule has 1 atom stereocenters. The molecule has 1 aliphatic heterocycles. The summed E-state index contributed by atoms with van der Waals surface area (Å²) in [6, 6.07) is -0.456. The minimum Gasteiger partial charge on any atom is -0.467 e. The van der Waals surface area contributed by atoms with Gasteiger partial charge in [0.2, 0.25) is 5.91 Å². The maximum Gasteiger partial charge on any atom is 0.328 e. The van der Waals surface area contributed by atoms with Gasteiger partial charge in [0.15, 0.2) is 0 Å². The number of piperidine rings is 1. The summed E-state index contributed by atoms with van der Waals surface area (Å²) in [6.45, 7) is 1.76. The van der Waals surface area contributed by atoms with Crippen LogP contribution in [0.1, 0.15) is 44.9 Å². The van der Waals surface area contributed by atoms with Gasteiger partial charge in [0.05, 0.1) is 7.11 Å². The van der Waals surface area contributed by atoms with Gasteiger partial charge in [0.1, 0.15) is 6.04 Å². The predicted molar refractivity (Wildman–Crippen MR) is 76.1 cm³/mol. The molecule has 0 aromatic carbocycles. The second-order valence-corrected chi connectivity index (χ2v) is 5.93. The van der Waals surface area contributed by atoms with E-state index in [9.17, 15) is 9.59 Å². The molecule has 1 aliphatic carbocycles. The highest BCUT2D eigenvalue weighted by Gasteiger charge is 2.33. The number of carbonyl (C=O) groups excluding carboxylic acids is 2. The van der Waals surface area contributed by atoms with Crippen LogP contribution in [0.2, 0.25) is 0 Å². The molecule has 2 aliphatic rings. The van der Waals surface area contributed by atoms with Crippen LogP contribution in [-0.2, 0) is 14.3 Å². The molecule has 1 saturated carbocycles. The fourth-order valence-corrected chi connectivity index (χ4v) is 3.32. The van der Waals surface area contributed by atoms with Gasteiger partial charge >= 0.3 is 5.97 Å². The van der Waals surface area contributed by atoms with Gasteiger partial charge in [-0.05, 0) is 44.7 Å². The quantitative estimate of drug-likeness (QED) is 0.761. The van der Waals surface area contributed by atoms with Gasteiger partial charge in [-0.15, -0.1) is 0 Å². The zero-order valence-electron chi connectivity index (χ0n) is 12.3. The molecule has 1 saturated heterocycles. The van der Waals surface area contributed by atoms with Crippen molar-refractivity contribution in [2.45, 2.75) is 51.0 Å². The van der Waals surface area contributed by atoms with Crippen LogP contribution in [0.15, 0.2) is 0 Å². The number of hydrogen-bond acceptors (Lipinski definition) is 4. The first-order valence-corrected chi connectivity index (χ1v) is 7.81. The molecule has 0 spiro atoms. The van der Waals surface area contributed by atoms with Crippen molar-refractivity contribution in [3.63, 3.8) is 0 Å². The van der Waals surface area contributed by atoms with E-state index < -0.39 is 6.04 Å². The molecule has 1 heterocycles. The molecule has 1 amide bonds. The van der Waals surface area contributed by atoms with Crippen molar-refractivity contribution in [3.8, 4) is 0 Å². The van der Waals surface area contributed by atoms with E-state index in [0.29, 0.717) is 0 Å². The molecule has 2 rings (SSSR count). The molecule has 5 heteroatoms. The van der Waals surface area contributed by atoms with Crippen molar-refractivity contribution in [2.75, 3.05) is 20.2 Å². The third kappa shape index (κ3) is 3.95. The van der Waals surface area contributed by atoms with Gasteiger partial charge in [0, 0.05) is 5.92 Å². The zero-order valence-corrected chi connectivity index (χ0v) is 12.3. The molecule has 5 nitrogen and oxygen atoms in total. The number of methoxy groups -OCH3 is 1. The van der Waals surface area contributed by atoms with Crippen molar-refractivity contribution in [2.24, 2.45) is 11.8 Å². The first kappa shape index (κ1) is 15.3. The van der Waals surface area contributed by atoms with Crippen LogP contribution in [0.4, 0.5) is 0 Å². The molecular weight excluding hydrogens is 256 g/mol. The van der Waals surface area contributed by atoms with E-state index in [-0.39, 0.29) is 23.7 Å². The Morgan fingerprint density at radius 3 is 2.35 bits per heavy atom. The molecule has 0 bridgehead atoms. The van der Waals surface area contributed by atoms with E-state index in [1.807, 2.05) is 0 Å². The number of hydrogen-bond donors (Lipinski definition) is 2. The van der Waals surface area contributed by atoms with Crippen LogP contribution < -0.4 is 10.6 Å². The Morgan fingerprint density at radius 2 is 1.75 bits per heavy atom. The lowest BCUT2D eigenvalue weighted by Crippen LogP contribution is -2.50. The maximum atomic E-state index is 12.3. The van der Waals surface area contributed by atoms with Crippen molar-refractivity contribution in [3.05, 3.63) is 0 Å². The summed E-state index contributed by atoms with van der Waals surface area (Å²) in [5.74, 6) is 0.000482. The maximum absolute atomic E-state index is 12.3. The molecule has 2 N–H and O–H groups in total. The van der Waals surface area contributed by atoms with Gasteiger partial charge in [-0.2, -0.15) is 0 Å². The van der Waals surface area contributed by atoms with Crippen molar-refractivity contribution in [1.82, 2.24) is 10.6 Å². The van der Waals surface area contributed by atoms with Crippen LogP contribution in [-0.4, -0.2) is 38.1 Å². The van der Waals surface area contributed by atoms with Gasteiger partial charge in [-0.1, -0.05) is 19.3 Å². The van der Waals surface area contributed by atoms with Gasteiger partial charge in [-0.3, -0.25) is 4.79 Å². The summed E-state index contributed by atoms with van der Waals surface area (Å²) in [5.41, 5.74) is 0. The molecule has 0 radical (unpaired) electrons. The summed E-state index contributed by atoms with van der Waals surface area (Å²) in [7, 11) is 1.40. The predicted octanol–water partition coefficient (Wildman–Crippen LogP) is 1.22. The third-order valence-corrected chi connectivity index (χ3v) is 4.58. The average molecular weight is 282 g/mol. The number of rotatable bonds is 4. The van der Waals surface area contributed by atoms with Crippen molar-refractivity contribution >= 4 is 11.9 Å². The Balaban J connectivity index is 1.95. The van der Waals surface area contributed by atoms with E-state index >= 15 is 0 Å². The lowest BCUT2D eigenvalue weighted by Gasteiger charge is -2.31. The molecule has 0 aromatic rings. The Bertz CT molecular complexity index is 334. The monoisotopic (exact) mass is 282 g/mol. The standard InChI is InChI=1S/C15H26N2O3/c1-20-15(19)13(11-5-3-2-4-6-11)17-14(18)12-7-9-16-10-8-12/h11-13,16H,2-10H2,1H3,(H,17,18)/t13-/m0/s1. The van der Waals surface area contributed by atoms with Crippen LogP contribution in [0, 0.1) is 11.8 Å². The summed E-state index contributed by atoms with van der Waals surface area (Å²) < 4.78 is 4.89. The highest BCUT2D eigenvalue weighted by atomic mass is 16.5. The first-order valence-electron chi connectivity index (χ1n) is 7.81. The molecule has 20 heavy (non-hydrogen) atoms. The highest BCUT2D eigenvalue weighted by molar-refractivity contribution is 5.86. The molecule has 0 unspecified atom stereocenters. The summed E-state index contributed by atoms with van der Waals surface area (Å²) in [6.07, 6.45) is 7.22. The average Bonchev–Trinajstić information content (AvgIpc) is 2.53. The van der Waals surface area contributed by atoms with E-state index in [2.05, 4.69) is 10.6 Å². The second kappa shape index (κ2) is 7.62. The minimum atomic E-state index is -0.456. The Labute approximate surface area is 120 Å². The zero-order chi connectivity index (χ0) is 14.4. The van der Waals surface area contributed by atoms with E-state index in [4.69, 9.17) is 4.74 Å². The van der Waals surface area contributed by atoms with Gasteiger partial charge < -0.3 is 15.4 Å². The molecule has 0 aromatic heterocycles. The second-order valence-electron chi connectivity index (χ2n) is 5.93. The lowest BCUT2D eigenvalue weighted by molar-refractivity contribution is -0.147. The smallest absolute Gasteiger partial charge is 0.328 e. The molecule has 2 fully saturated rings.